The highest BCUT2D eigenvalue weighted by Gasteiger charge is 2.23. The summed E-state index contributed by atoms with van der Waals surface area (Å²) in [6.45, 7) is 1.82. The molecule has 0 N–H and O–H groups in total. The summed E-state index contributed by atoms with van der Waals surface area (Å²) < 4.78 is 13.7. The van der Waals surface area contributed by atoms with Crippen LogP contribution in [0.4, 0.5) is 4.39 Å². The minimum atomic E-state index is -0.372. The lowest BCUT2D eigenvalue weighted by Crippen LogP contribution is -2.04. The number of aromatic nitrogens is 2. The van der Waals surface area contributed by atoms with Gasteiger partial charge in [0.1, 0.15) is 5.82 Å². The Labute approximate surface area is 90.1 Å². The van der Waals surface area contributed by atoms with Crippen molar-refractivity contribution in [3.05, 3.63) is 21.0 Å². The zero-order valence-electron chi connectivity index (χ0n) is 7.35. The molecule has 1 heterocycles. The molecule has 0 amide bonds. The Morgan fingerprint density at radius 3 is 2.69 bits per heavy atom. The fourth-order valence-electron chi connectivity index (χ4n) is 1.25. The number of hydrogen-bond donors (Lipinski definition) is 0. The van der Waals surface area contributed by atoms with E-state index in [0.717, 1.165) is 12.1 Å². The molecule has 1 aromatic rings. The summed E-state index contributed by atoms with van der Waals surface area (Å²) in [4.78, 5) is 8.08. The van der Waals surface area contributed by atoms with Gasteiger partial charge in [0.25, 0.3) is 0 Å². The van der Waals surface area contributed by atoms with Crippen LogP contribution in [0.5, 0.6) is 0 Å². The molecule has 1 aliphatic rings. The molecule has 2 rings (SSSR count). The minimum Gasteiger partial charge on any atom is -0.237 e. The Morgan fingerprint density at radius 1 is 1.46 bits per heavy atom. The number of halogens is 2. The van der Waals surface area contributed by atoms with Crippen LogP contribution < -0.4 is 0 Å². The molecular weight excluding hydrogens is 282 g/mol. The van der Waals surface area contributed by atoms with Gasteiger partial charge in [0.15, 0.2) is 0 Å². The van der Waals surface area contributed by atoms with Crippen molar-refractivity contribution < 1.29 is 4.39 Å². The van der Waals surface area contributed by atoms with Gasteiger partial charge in [-0.25, -0.2) is 9.97 Å². The highest BCUT2D eigenvalue weighted by atomic mass is 127. The van der Waals surface area contributed by atoms with E-state index in [1.807, 2.05) is 29.5 Å². The van der Waals surface area contributed by atoms with Gasteiger partial charge in [0, 0.05) is 6.42 Å². The normalized spacial score (nSPS) is 16.2. The van der Waals surface area contributed by atoms with Gasteiger partial charge in [-0.1, -0.05) is 0 Å². The predicted molar refractivity (Wildman–Crippen MR) is 55.9 cm³/mol. The van der Waals surface area contributed by atoms with E-state index < -0.39 is 0 Å². The Hall–Kier alpha value is -0.260. The average molecular weight is 292 g/mol. The van der Waals surface area contributed by atoms with Crippen molar-refractivity contribution in [2.75, 3.05) is 0 Å². The van der Waals surface area contributed by atoms with Crippen LogP contribution in [0.3, 0.4) is 0 Å². The quantitative estimate of drug-likeness (QED) is 0.618. The lowest BCUT2D eigenvalue weighted by molar-refractivity contribution is 0.554. The average Bonchev–Trinajstić information content (AvgIpc) is 2.84. The third-order valence-corrected chi connectivity index (χ3v) is 3.42. The SMILES string of the molecule is Cc1nc(CC2CC2)nc(F)c1I. The van der Waals surface area contributed by atoms with Gasteiger partial charge >= 0.3 is 0 Å². The fraction of sp³-hybridized carbons (Fsp3) is 0.556. The first-order valence-corrected chi connectivity index (χ1v) is 5.43. The monoisotopic (exact) mass is 292 g/mol. The second-order valence-corrected chi connectivity index (χ2v) is 4.56. The van der Waals surface area contributed by atoms with E-state index in [0.29, 0.717) is 15.3 Å². The Kier molecular flexibility index (Phi) is 2.49. The largest absolute Gasteiger partial charge is 0.237 e. The Morgan fingerprint density at radius 2 is 2.15 bits per heavy atom. The van der Waals surface area contributed by atoms with Crippen LogP contribution in [0, 0.1) is 22.4 Å². The van der Waals surface area contributed by atoms with Gasteiger partial charge in [-0.2, -0.15) is 4.39 Å². The Bertz CT molecular complexity index is 313. The van der Waals surface area contributed by atoms with Gasteiger partial charge in [-0.3, -0.25) is 0 Å². The predicted octanol–water partition coefficient (Wildman–Crippen LogP) is 2.48. The highest BCUT2D eigenvalue weighted by Crippen LogP contribution is 2.31. The van der Waals surface area contributed by atoms with Crippen molar-refractivity contribution >= 4 is 22.6 Å². The smallest absolute Gasteiger partial charge is 0.229 e. The van der Waals surface area contributed by atoms with E-state index in [4.69, 9.17) is 0 Å². The summed E-state index contributed by atoms with van der Waals surface area (Å²) in [6.07, 6.45) is 3.33. The van der Waals surface area contributed by atoms with Gasteiger partial charge in [0.2, 0.25) is 5.95 Å². The van der Waals surface area contributed by atoms with E-state index in [1.165, 1.54) is 12.8 Å². The van der Waals surface area contributed by atoms with Crippen molar-refractivity contribution in [3.63, 3.8) is 0 Å². The van der Waals surface area contributed by atoms with E-state index >= 15 is 0 Å². The molecule has 1 aliphatic carbocycles. The van der Waals surface area contributed by atoms with Crippen LogP contribution in [-0.2, 0) is 6.42 Å². The van der Waals surface area contributed by atoms with Gasteiger partial charge in [0.05, 0.1) is 9.26 Å². The zero-order valence-corrected chi connectivity index (χ0v) is 9.51. The van der Waals surface area contributed by atoms with Crippen LogP contribution >= 0.6 is 22.6 Å². The number of rotatable bonds is 2. The van der Waals surface area contributed by atoms with Crippen molar-refractivity contribution in [2.24, 2.45) is 5.92 Å². The van der Waals surface area contributed by atoms with Crippen LogP contribution in [0.1, 0.15) is 24.4 Å². The fourth-order valence-corrected chi connectivity index (χ4v) is 1.49. The molecule has 0 unspecified atom stereocenters. The molecule has 0 radical (unpaired) electrons. The van der Waals surface area contributed by atoms with Crippen molar-refractivity contribution in [3.8, 4) is 0 Å². The molecule has 0 spiro atoms. The minimum absolute atomic E-state index is 0.372. The van der Waals surface area contributed by atoms with Gasteiger partial charge in [-0.05, 0) is 48.3 Å². The first kappa shape index (κ1) is 9.30. The first-order chi connectivity index (χ1) is 6.16. The maximum atomic E-state index is 13.2. The van der Waals surface area contributed by atoms with E-state index in [9.17, 15) is 4.39 Å². The molecule has 0 aliphatic heterocycles. The Balaban J connectivity index is 2.25. The molecule has 1 aromatic heterocycles. The molecule has 4 heteroatoms. The molecule has 0 saturated heterocycles. The van der Waals surface area contributed by atoms with Crippen LogP contribution in [0.15, 0.2) is 0 Å². The van der Waals surface area contributed by atoms with E-state index in [-0.39, 0.29) is 5.95 Å². The van der Waals surface area contributed by atoms with Gasteiger partial charge in [-0.15, -0.1) is 0 Å². The molecule has 0 atom stereocenters. The first-order valence-electron chi connectivity index (χ1n) is 4.35. The molecule has 70 valence electrons. The summed E-state index contributed by atoms with van der Waals surface area (Å²) in [5.41, 5.74) is 0.753. The summed E-state index contributed by atoms with van der Waals surface area (Å²) in [6, 6.07) is 0. The van der Waals surface area contributed by atoms with E-state index in [1.54, 1.807) is 0 Å². The maximum Gasteiger partial charge on any atom is 0.229 e. The summed E-state index contributed by atoms with van der Waals surface area (Å²) in [7, 11) is 0. The lowest BCUT2D eigenvalue weighted by atomic mass is 10.3. The highest BCUT2D eigenvalue weighted by molar-refractivity contribution is 14.1. The molecule has 0 aromatic carbocycles. The van der Waals surface area contributed by atoms with Crippen LogP contribution in [0.25, 0.3) is 0 Å². The summed E-state index contributed by atoms with van der Waals surface area (Å²) >= 11 is 1.93. The van der Waals surface area contributed by atoms with Gasteiger partial charge < -0.3 is 0 Å². The number of hydrogen-bond acceptors (Lipinski definition) is 2. The second-order valence-electron chi connectivity index (χ2n) is 3.48. The number of nitrogens with zero attached hydrogens (tertiary/aromatic N) is 2. The third kappa shape index (κ3) is 2.15. The topological polar surface area (TPSA) is 25.8 Å². The van der Waals surface area contributed by atoms with Crippen LogP contribution in [-0.4, -0.2) is 9.97 Å². The maximum absolute atomic E-state index is 13.2. The van der Waals surface area contributed by atoms with Crippen molar-refractivity contribution in [2.45, 2.75) is 26.2 Å². The summed E-state index contributed by atoms with van der Waals surface area (Å²) in [5.74, 6) is 1.00. The van der Waals surface area contributed by atoms with E-state index in [2.05, 4.69) is 9.97 Å². The molecule has 0 bridgehead atoms. The van der Waals surface area contributed by atoms with Crippen molar-refractivity contribution in [1.29, 1.82) is 0 Å². The molecule has 13 heavy (non-hydrogen) atoms. The second kappa shape index (κ2) is 3.48. The molecule has 1 saturated carbocycles. The zero-order chi connectivity index (χ0) is 9.42. The summed E-state index contributed by atoms with van der Waals surface area (Å²) in [5, 5.41) is 0. The third-order valence-electron chi connectivity index (χ3n) is 2.19. The van der Waals surface area contributed by atoms with Crippen molar-refractivity contribution in [1.82, 2.24) is 9.97 Å². The number of aryl methyl sites for hydroxylation is 1. The lowest BCUT2D eigenvalue weighted by Gasteiger charge is -2.02. The van der Waals surface area contributed by atoms with Crippen LogP contribution in [0.2, 0.25) is 0 Å². The molecular formula is C9H10FIN2. The molecule has 1 fully saturated rings. The molecule has 2 nitrogen and oxygen atoms in total. The standard InChI is InChI=1S/C9H10FIN2/c1-5-8(11)9(10)13-7(12-5)4-6-2-3-6/h6H,2-4H2,1H3.